The second kappa shape index (κ2) is 4.90. The van der Waals surface area contributed by atoms with Crippen LogP contribution in [0, 0.1) is 6.92 Å². The number of para-hydroxylation sites is 2. The fourth-order valence-corrected chi connectivity index (χ4v) is 3.23. The van der Waals surface area contributed by atoms with Crippen molar-refractivity contribution in [2.45, 2.75) is 6.92 Å². The minimum atomic E-state index is 0.761. The van der Waals surface area contributed by atoms with Gasteiger partial charge in [-0.2, -0.15) is 0 Å². The van der Waals surface area contributed by atoms with Crippen molar-refractivity contribution >= 4 is 32.8 Å². The molecule has 5 aromatic rings. The largest absolute Gasteiger partial charge is 0.454 e. The number of aromatic nitrogens is 2. The van der Waals surface area contributed by atoms with Crippen LogP contribution in [-0.4, -0.2) is 9.97 Å². The number of hydrogen-bond donors (Lipinski definition) is 0. The standard InChI is InChI=1S/C21H14N2O/c1-13-21(23-18-9-5-4-8-17(18)22-13)20-12-16-15-7-3-2-6-14(15)10-11-19(16)24-20/h2-12H,1H3. The van der Waals surface area contributed by atoms with Crippen LogP contribution in [0.2, 0.25) is 0 Å². The summed E-state index contributed by atoms with van der Waals surface area (Å²) in [5.74, 6) is 0.761. The highest BCUT2D eigenvalue weighted by Gasteiger charge is 2.14. The highest BCUT2D eigenvalue weighted by molar-refractivity contribution is 6.07. The van der Waals surface area contributed by atoms with Gasteiger partial charge in [-0.3, -0.25) is 0 Å². The zero-order valence-corrected chi connectivity index (χ0v) is 13.2. The lowest BCUT2D eigenvalue weighted by molar-refractivity contribution is 0.628. The van der Waals surface area contributed by atoms with Crippen molar-refractivity contribution in [3.05, 3.63) is 72.4 Å². The van der Waals surface area contributed by atoms with Crippen molar-refractivity contribution in [3.63, 3.8) is 0 Å². The maximum Gasteiger partial charge on any atom is 0.155 e. The van der Waals surface area contributed by atoms with E-state index in [1.165, 1.54) is 10.8 Å². The van der Waals surface area contributed by atoms with Gasteiger partial charge in [-0.1, -0.05) is 42.5 Å². The van der Waals surface area contributed by atoms with Crippen LogP contribution in [0.25, 0.3) is 44.2 Å². The Bertz CT molecular complexity index is 1220. The van der Waals surface area contributed by atoms with E-state index < -0.39 is 0 Å². The average Bonchev–Trinajstić information content (AvgIpc) is 3.05. The van der Waals surface area contributed by atoms with Crippen molar-refractivity contribution in [1.82, 2.24) is 9.97 Å². The number of rotatable bonds is 1. The molecule has 0 aliphatic heterocycles. The summed E-state index contributed by atoms with van der Waals surface area (Å²) >= 11 is 0. The predicted molar refractivity (Wildman–Crippen MR) is 97.0 cm³/mol. The molecule has 0 fully saturated rings. The Morgan fingerprint density at radius 2 is 1.50 bits per heavy atom. The molecule has 114 valence electrons. The minimum absolute atomic E-state index is 0.761. The molecule has 0 atom stereocenters. The van der Waals surface area contributed by atoms with Crippen LogP contribution < -0.4 is 0 Å². The lowest BCUT2D eigenvalue weighted by Gasteiger charge is -2.03. The highest BCUT2D eigenvalue weighted by Crippen LogP contribution is 2.33. The van der Waals surface area contributed by atoms with Gasteiger partial charge in [0, 0.05) is 5.39 Å². The Balaban J connectivity index is 1.80. The topological polar surface area (TPSA) is 38.9 Å². The van der Waals surface area contributed by atoms with E-state index in [4.69, 9.17) is 9.40 Å². The molecule has 3 nitrogen and oxygen atoms in total. The fraction of sp³-hybridized carbons (Fsp3) is 0.0476. The number of hydrogen-bond acceptors (Lipinski definition) is 3. The van der Waals surface area contributed by atoms with Crippen LogP contribution in [0.15, 0.2) is 71.1 Å². The number of benzene rings is 3. The summed E-state index contributed by atoms with van der Waals surface area (Å²) in [6.07, 6.45) is 0. The van der Waals surface area contributed by atoms with E-state index >= 15 is 0 Å². The molecule has 0 amide bonds. The van der Waals surface area contributed by atoms with Crippen LogP contribution in [0.4, 0.5) is 0 Å². The number of furan rings is 1. The maximum absolute atomic E-state index is 6.09. The van der Waals surface area contributed by atoms with Gasteiger partial charge in [0.25, 0.3) is 0 Å². The molecule has 2 aromatic heterocycles. The molecule has 0 radical (unpaired) electrons. The SMILES string of the molecule is Cc1nc2ccccc2nc1-c1cc2c(ccc3ccccc32)o1. The second-order valence-corrected chi connectivity index (χ2v) is 5.96. The average molecular weight is 310 g/mol. The van der Waals surface area contributed by atoms with Gasteiger partial charge >= 0.3 is 0 Å². The zero-order chi connectivity index (χ0) is 16.1. The molecule has 0 aliphatic rings. The molecular weight excluding hydrogens is 296 g/mol. The van der Waals surface area contributed by atoms with Crippen LogP contribution in [-0.2, 0) is 0 Å². The van der Waals surface area contributed by atoms with Crippen molar-refractivity contribution in [2.75, 3.05) is 0 Å². The summed E-state index contributed by atoms with van der Waals surface area (Å²) in [4.78, 5) is 9.43. The first kappa shape index (κ1) is 13.3. The first-order chi connectivity index (χ1) is 11.8. The molecule has 3 heteroatoms. The normalized spacial score (nSPS) is 11.5. The first-order valence-electron chi connectivity index (χ1n) is 7.95. The van der Waals surface area contributed by atoms with Gasteiger partial charge in [-0.15, -0.1) is 0 Å². The molecule has 0 saturated carbocycles. The smallest absolute Gasteiger partial charge is 0.155 e. The van der Waals surface area contributed by atoms with E-state index in [-0.39, 0.29) is 0 Å². The maximum atomic E-state index is 6.09. The van der Waals surface area contributed by atoms with E-state index in [0.717, 1.165) is 39.2 Å². The molecule has 0 aliphatic carbocycles. The van der Waals surface area contributed by atoms with Gasteiger partial charge in [0.2, 0.25) is 0 Å². The molecule has 2 heterocycles. The number of aryl methyl sites for hydroxylation is 1. The molecule has 0 bridgehead atoms. The van der Waals surface area contributed by atoms with E-state index in [9.17, 15) is 0 Å². The van der Waals surface area contributed by atoms with Gasteiger partial charge in [0.15, 0.2) is 5.76 Å². The van der Waals surface area contributed by atoms with E-state index in [1.54, 1.807) is 0 Å². The quantitative estimate of drug-likeness (QED) is 0.410. The molecule has 0 N–H and O–H groups in total. The van der Waals surface area contributed by atoms with Gasteiger partial charge in [0.05, 0.1) is 16.7 Å². The summed E-state index contributed by atoms with van der Waals surface area (Å²) in [5.41, 5.74) is 4.33. The fourth-order valence-electron chi connectivity index (χ4n) is 3.23. The predicted octanol–water partition coefficient (Wildman–Crippen LogP) is 5.50. The third-order valence-electron chi connectivity index (χ3n) is 4.40. The van der Waals surface area contributed by atoms with E-state index in [2.05, 4.69) is 35.3 Å². The van der Waals surface area contributed by atoms with Crippen molar-refractivity contribution in [2.24, 2.45) is 0 Å². The van der Waals surface area contributed by atoms with E-state index in [1.807, 2.05) is 43.3 Å². The van der Waals surface area contributed by atoms with E-state index in [0.29, 0.717) is 0 Å². The second-order valence-electron chi connectivity index (χ2n) is 5.96. The van der Waals surface area contributed by atoms with Crippen molar-refractivity contribution < 1.29 is 4.42 Å². The summed E-state index contributed by atoms with van der Waals surface area (Å²) in [5, 5.41) is 3.51. The molecule has 24 heavy (non-hydrogen) atoms. The molecule has 3 aromatic carbocycles. The molecule has 0 spiro atoms. The number of fused-ring (bicyclic) bond motifs is 4. The van der Waals surface area contributed by atoms with Crippen molar-refractivity contribution in [3.8, 4) is 11.5 Å². The lowest BCUT2D eigenvalue weighted by atomic mass is 10.1. The van der Waals surface area contributed by atoms with Crippen LogP contribution in [0.3, 0.4) is 0 Å². The van der Waals surface area contributed by atoms with Crippen LogP contribution >= 0.6 is 0 Å². The molecule has 0 unspecified atom stereocenters. The Kier molecular flexibility index (Phi) is 2.71. The lowest BCUT2D eigenvalue weighted by Crippen LogP contribution is -1.92. The molecular formula is C21H14N2O. The summed E-state index contributed by atoms with van der Waals surface area (Å²) in [7, 11) is 0. The summed E-state index contributed by atoms with van der Waals surface area (Å²) in [6, 6.07) is 22.4. The Morgan fingerprint density at radius 1 is 0.750 bits per heavy atom. The molecule has 5 rings (SSSR count). The monoisotopic (exact) mass is 310 g/mol. The van der Waals surface area contributed by atoms with Crippen LogP contribution in [0.1, 0.15) is 5.69 Å². The Labute approximate surface area is 138 Å². The zero-order valence-electron chi connectivity index (χ0n) is 13.2. The van der Waals surface area contributed by atoms with Gasteiger partial charge in [-0.25, -0.2) is 9.97 Å². The highest BCUT2D eigenvalue weighted by atomic mass is 16.3. The third kappa shape index (κ3) is 1.91. The molecule has 0 saturated heterocycles. The van der Waals surface area contributed by atoms with Gasteiger partial charge in [0.1, 0.15) is 11.3 Å². The Morgan fingerprint density at radius 3 is 2.38 bits per heavy atom. The Hall–Kier alpha value is -3.20. The minimum Gasteiger partial charge on any atom is -0.454 e. The summed E-state index contributed by atoms with van der Waals surface area (Å²) < 4.78 is 6.09. The van der Waals surface area contributed by atoms with Gasteiger partial charge < -0.3 is 4.42 Å². The third-order valence-corrected chi connectivity index (χ3v) is 4.40. The van der Waals surface area contributed by atoms with Gasteiger partial charge in [-0.05, 0) is 42.0 Å². The number of nitrogens with zero attached hydrogens (tertiary/aromatic N) is 2. The summed E-state index contributed by atoms with van der Waals surface area (Å²) in [6.45, 7) is 1.97. The first-order valence-corrected chi connectivity index (χ1v) is 7.95. The van der Waals surface area contributed by atoms with Crippen molar-refractivity contribution in [1.29, 1.82) is 0 Å². The van der Waals surface area contributed by atoms with Crippen LogP contribution in [0.5, 0.6) is 0 Å².